The minimum atomic E-state index is -2.90. The lowest BCUT2D eigenvalue weighted by molar-refractivity contribution is 0.474. The van der Waals surface area contributed by atoms with Gasteiger partial charge in [-0.05, 0) is 36.1 Å². The molecule has 2 N–H and O–H groups in total. The molecule has 0 radical (unpaired) electrons. The number of aromatic hydroxyl groups is 1. The Morgan fingerprint density at radius 1 is 1.47 bits per heavy atom. The Morgan fingerprint density at radius 3 is 2.94 bits per heavy atom. The maximum absolute atomic E-state index is 11.0. The first-order valence-electron chi connectivity index (χ1n) is 5.68. The lowest BCUT2D eigenvalue weighted by atomic mass is 10.1. The van der Waals surface area contributed by atoms with E-state index in [4.69, 9.17) is 0 Å². The van der Waals surface area contributed by atoms with Crippen LogP contribution < -0.4 is 5.32 Å². The Kier molecular flexibility index (Phi) is 3.40. The topological polar surface area (TPSA) is 66.4 Å². The van der Waals surface area contributed by atoms with Crippen LogP contribution in [0.3, 0.4) is 0 Å². The Hall–Kier alpha value is -1.07. The van der Waals surface area contributed by atoms with Crippen LogP contribution >= 0.6 is 0 Å². The molecule has 0 bridgehead atoms. The molecule has 1 aromatic carbocycles. The van der Waals surface area contributed by atoms with Gasteiger partial charge in [0.2, 0.25) is 0 Å². The second-order valence-corrected chi connectivity index (χ2v) is 6.82. The molecule has 94 valence electrons. The largest absolute Gasteiger partial charge is 0.508 e. The average molecular weight is 255 g/mol. The van der Waals surface area contributed by atoms with Crippen molar-refractivity contribution in [1.29, 1.82) is 0 Å². The van der Waals surface area contributed by atoms with E-state index in [0.717, 1.165) is 18.4 Å². The van der Waals surface area contributed by atoms with Gasteiger partial charge in [-0.25, -0.2) is 8.42 Å². The van der Waals surface area contributed by atoms with Crippen LogP contribution in [0.2, 0.25) is 0 Å². The third-order valence-corrected chi connectivity index (χ3v) is 4.01. The van der Waals surface area contributed by atoms with Gasteiger partial charge in [0.15, 0.2) is 0 Å². The molecule has 1 unspecified atom stereocenters. The summed E-state index contributed by atoms with van der Waals surface area (Å²) in [5, 5.41) is 12.6. The fraction of sp³-hybridized carbons (Fsp3) is 0.500. The Bertz CT molecular complexity index is 510. The third kappa shape index (κ3) is 3.20. The number of hydrogen-bond acceptors (Lipinski definition) is 4. The van der Waals surface area contributed by atoms with Gasteiger partial charge < -0.3 is 10.4 Å². The molecule has 0 saturated carbocycles. The summed E-state index contributed by atoms with van der Waals surface area (Å²) in [6.07, 6.45) is 3.14. The van der Waals surface area contributed by atoms with Crippen molar-refractivity contribution in [3.05, 3.63) is 29.3 Å². The summed E-state index contributed by atoms with van der Waals surface area (Å²) in [6.45, 7) is 0.476. The smallest absolute Gasteiger partial charge is 0.148 e. The molecule has 5 heteroatoms. The van der Waals surface area contributed by atoms with Gasteiger partial charge in [0.1, 0.15) is 15.6 Å². The van der Waals surface area contributed by atoms with Crippen molar-refractivity contribution in [3.63, 3.8) is 0 Å². The Morgan fingerprint density at radius 2 is 2.24 bits per heavy atom. The number of phenolic OH excluding ortho intramolecular Hbond substituents is 1. The van der Waals surface area contributed by atoms with Gasteiger partial charge in [0.05, 0.1) is 5.75 Å². The normalized spacial score (nSPS) is 19.2. The van der Waals surface area contributed by atoms with Crippen molar-refractivity contribution in [2.75, 3.05) is 18.6 Å². The van der Waals surface area contributed by atoms with Gasteiger partial charge in [-0.3, -0.25) is 0 Å². The van der Waals surface area contributed by atoms with E-state index >= 15 is 0 Å². The van der Waals surface area contributed by atoms with Gasteiger partial charge in [-0.1, -0.05) is 6.07 Å². The summed E-state index contributed by atoms with van der Waals surface area (Å²) in [7, 11) is -2.90. The van der Waals surface area contributed by atoms with Crippen LogP contribution in [0.15, 0.2) is 18.2 Å². The van der Waals surface area contributed by atoms with E-state index in [2.05, 4.69) is 5.32 Å². The van der Waals surface area contributed by atoms with Gasteiger partial charge in [-0.2, -0.15) is 0 Å². The fourth-order valence-electron chi connectivity index (χ4n) is 2.23. The number of nitrogens with one attached hydrogen (secondary N) is 1. The highest BCUT2D eigenvalue weighted by molar-refractivity contribution is 7.90. The molecule has 0 fully saturated rings. The minimum Gasteiger partial charge on any atom is -0.508 e. The summed E-state index contributed by atoms with van der Waals surface area (Å²) in [5.41, 5.74) is 2.33. The third-order valence-electron chi connectivity index (χ3n) is 3.07. The van der Waals surface area contributed by atoms with Crippen molar-refractivity contribution < 1.29 is 13.5 Å². The molecule has 1 aromatic rings. The standard InChI is InChI=1S/C12H17NO3S/c1-17(15,16)7-6-13-12-5-2-9-8-10(14)3-4-11(9)12/h3-4,8,12-14H,2,5-7H2,1H3. The van der Waals surface area contributed by atoms with E-state index in [9.17, 15) is 13.5 Å². The van der Waals surface area contributed by atoms with Crippen molar-refractivity contribution >= 4 is 9.84 Å². The number of phenols is 1. The number of fused-ring (bicyclic) bond motifs is 1. The zero-order valence-corrected chi connectivity index (χ0v) is 10.6. The SMILES string of the molecule is CS(=O)(=O)CCNC1CCc2cc(O)ccc21. The average Bonchev–Trinajstić information content (AvgIpc) is 2.59. The number of sulfone groups is 1. The van der Waals surface area contributed by atoms with E-state index in [1.54, 1.807) is 12.1 Å². The van der Waals surface area contributed by atoms with Gasteiger partial charge in [0, 0.05) is 18.8 Å². The quantitative estimate of drug-likeness (QED) is 0.843. The monoisotopic (exact) mass is 255 g/mol. The summed E-state index contributed by atoms with van der Waals surface area (Å²) in [6, 6.07) is 5.59. The molecule has 0 aliphatic heterocycles. The highest BCUT2D eigenvalue weighted by atomic mass is 32.2. The lowest BCUT2D eigenvalue weighted by Crippen LogP contribution is -2.25. The summed E-state index contributed by atoms with van der Waals surface area (Å²) in [5.74, 6) is 0.456. The van der Waals surface area contributed by atoms with Crippen LogP contribution in [0.4, 0.5) is 0 Å². The second-order valence-electron chi connectivity index (χ2n) is 4.56. The molecule has 0 spiro atoms. The first kappa shape index (κ1) is 12.4. The molecule has 4 nitrogen and oxygen atoms in total. The van der Waals surface area contributed by atoms with E-state index in [1.807, 2.05) is 6.07 Å². The fourth-order valence-corrected chi connectivity index (χ4v) is 2.72. The summed E-state index contributed by atoms with van der Waals surface area (Å²) in [4.78, 5) is 0. The van der Waals surface area contributed by atoms with E-state index in [0.29, 0.717) is 12.3 Å². The first-order chi connectivity index (χ1) is 7.96. The maximum Gasteiger partial charge on any atom is 0.148 e. The highest BCUT2D eigenvalue weighted by Crippen LogP contribution is 2.32. The van der Waals surface area contributed by atoms with Crippen LogP contribution in [-0.4, -0.2) is 32.1 Å². The van der Waals surface area contributed by atoms with Crippen LogP contribution in [0.25, 0.3) is 0 Å². The molecule has 0 heterocycles. The molecular formula is C12H17NO3S. The number of aryl methyl sites for hydroxylation is 1. The zero-order chi connectivity index (χ0) is 12.5. The van der Waals surface area contributed by atoms with Crippen LogP contribution in [-0.2, 0) is 16.3 Å². The zero-order valence-electron chi connectivity index (χ0n) is 9.81. The molecule has 2 rings (SSSR count). The van der Waals surface area contributed by atoms with E-state index in [-0.39, 0.29) is 11.8 Å². The predicted octanol–water partition coefficient (Wildman–Crippen LogP) is 1.01. The second kappa shape index (κ2) is 4.66. The Balaban J connectivity index is 1.98. The summed E-state index contributed by atoms with van der Waals surface area (Å²) >= 11 is 0. The first-order valence-corrected chi connectivity index (χ1v) is 7.75. The predicted molar refractivity (Wildman–Crippen MR) is 66.9 cm³/mol. The van der Waals surface area contributed by atoms with Crippen LogP contribution in [0, 0.1) is 0 Å². The minimum absolute atomic E-state index is 0.164. The molecule has 1 aliphatic carbocycles. The number of hydrogen-bond donors (Lipinski definition) is 2. The van der Waals surface area contributed by atoms with Gasteiger partial charge >= 0.3 is 0 Å². The molecule has 0 saturated heterocycles. The lowest BCUT2D eigenvalue weighted by Gasteiger charge is -2.13. The van der Waals surface area contributed by atoms with E-state index < -0.39 is 9.84 Å². The molecule has 1 aliphatic rings. The number of benzene rings is 1. The van der Waals surface area contributed by atoms with Crippen LogP contribution in [0.1, 0.15) is 23.6 Å². The van der Waals surface area contributed by atoms with Gasteiger partial charge in [-0.15, -0.1) is 0 Å². The van der Waals surface area contributed by atoms with Crippen molar-refractivity contribution in [3.8, 4) is 5.75 Å². The molecular weight excluding hydrogens is 238 g/mol. The molecule has 0 amide bonds. The van der Waals surface area contributed by atoms with Gasteiger partial charge in [0.25, 0.3) is 0 Å². The van der Waals surface area contributed by atoms with Crippen molar-refractivity contribution in [2.45, 2.75) is 18.9 Å². The van der Waals surface area contributed by atoms with Crippen molar-refractivity contribution in [2.24, 2.45) is 0 Å². The molecule has 1 atom stereocenters. The van der Waals surface area contributed by atoms with E-state index in [1.165, 1.54) is 11.8 Å². The maximum atomic E-state index is 11.0. The number of rotatable bonds is 4. The molecule has 0 aromatic heterocycles. The highest BCUT2D eigenvalue weighted by Gasteiger charge is 2.22. The van der Waals surface area contributed by atoms with Crippen molar-refractivity contribution in [1.82, 2.24) is 5.32 Å². The molecule has 17 heavy (non-hydrogen) atoms. The summed E-state index contributed by atoms with van der Waals surface area (Å²) < 4.78 is 22.0. The van der Waals surface area contributed by atoms with Crippen LogP contribution in [0.5, 0.6) is 5.75 Å². The Labute approximate surface area is 102 Å².